The van der Waals surface area contributed by atoms with Crippen LogP contribution in [0.3, 0.4) is 0 Å². The Labute approximate surface area is 103 Å². The minimum Gasteiger partial charge on any atom is -0.481 e. The first-order chi connectivity index (χ1) is 7.86. The van der Waals surface area contributed by atoms with E-state index >= 15 is 0 Å². The first-order valence-electron chi connectivity index (χ1n) is 5.93. The molecule has 0 saturated carbocycles. The number of amides is 1. The second kappa shape index (κ2) is 5.21. The fourth-order valence-corrected chi connectivity index (χ4v) is 1.45. The third-order valence-corrected chi connectivity index (χ3v) is 3.23. The highest BCUT2D eigenvalue weighted by molar-refractivity contribution is 5.78. The lowest BCUT2D eigenvalue weighted by Gasteiger charge is -2.23. The fourth-order valence-electron chi connectivity index (χ4n) is 1.45. The average molecular weight is 235 g/mol. The van der Waals surface area contributed by atoms with E-state index in [1.165, 1.54) is 5.56 Å². The molecule has 1 rings (SSSR count). The molecule has 3 heteroatoms. The molecule has 3 nitrogen and oxygen atoms in total. The van der Waals surface area contributed by atoms with E-state index in [4.69, 9.17) is 10.5 Å². The summed E-state index contributed by atoms with van der Waals surface area (Å²) in [6, 6.07) is 7.83. The monoisotopic (exact) mass is 235 g/mol. The van der Waals surface area contributed by atoms with E-state index in [0.29, 0.717) is 5.75 Å². The third kappa shape index (κ3) is 3.48. The van der Waals surface area contributed by atoms with Gasteiger partial charge in [-0.3, -0.25) is 4.79 Å². The number of rotatable bonds is 5. The van der Waals surface area contributed by atoms with Gasteiger partial charge in [0.1, 0.15) is 5.75 Å². The quantitative estimate of drug-likeness (QED) is 0.853. The first kappa shape index (κ1) is 13.6. The zero-order chi connectivity index (χ0) is 13.1. The lowest BCUT2D eigenvalue weighted by molar-refractivity contribution is -0.123. The predicted octanol–water partition coefficient (Wildman–Crippen LogP) is 2.63. The molecule has 0 aliphatic carbocycles. The molecule has 0 aromatic heterocycles. The van der Waals surface area contributed by atoms with Crippen molar-refractivity contribution in [2.75, 3.05) is 0 Å². The van der Waals surface area contributed by atoms with Gasteiger partial charge in [0.25, 0.3) is 5.91 Å². The largest absolute Gasteiger partial charge is 0.481 e. The van der Waals surface area contributed by atoms with Crippen LogP contribution in [0.25, 0.3) is 0 Å². The molecule has 1 amide bonds. The van der Waals surface area contributed by atoms with Crippen molar-refractivity contribution >= 4 is 5.91 Å². The lowest BCUT2D eigenvalue weighted by Crippen LogP contribution is -2.30. The molecule has 0 aliphatic heterocycles. The van der Waals surface area contributed by atoms with Crippen LogP contribution in [0.1, 0.15) is 39.7 Å². The molecular weight excluding hydrogens is 214 g/mol. The van der Waals surface area contributed by atoms with Gasteiger partial charge in [0.15, 0.2) is 6.10 Å². The van der Waals surface area contributed by atoms with Crippen molar-refractivity contribution in [3.8, 4) is 5.75 Å². The normalized spacial score (nSPS) is 13.2. The third-order valence-electron chi connectivity index (χ3n) is 3.23. The van der Waals surface area contributed by atoms with E-state index in [2.05, 4.69) is 20.8 Å². The van der Waals surface area contributed by atoms with E-state index in [0.717, 1.165) is 6.42 Å². The number of carbonyl (C=O) groups is 1. The summed E-state index contributed by atoms with van der Waals surface area (Å²) in [6.45, 7) is 8.22. The summed E-state index contributed by atoms with van der Waals surface area (Å²) >= 11 is 0. The summed E-state index contributed by atoms with van der Waals surface area (Å²) in [6.07, 6.45) is 0.477. The molecule has 0 unspecified atom stereocenters. The highest BCUT2D eigenvalue weighted by Gasteiger charge is 2.18. The van der Waals surface area contributed by atoms with Gasteiger partial charge in [-0.25, -0.2) is 0 Å². The van der Waals surface area contributed by atoms with Crippen LogP contribution in [0.15, 0.2) is 24.3 Å². The Hall–Kier alpha value is -1.51. The van der Waals surface area contributed by atoms with Crippen LogP contribution in [-0.2, 0) is 10.2 Å². The maximum atomic E-state index is 10.9. The van der Waals surface area contributed by atoms with Crippen LogP contribution in [0.2, 0.25) is 0 Å². The predicted molar refractivity (Wildman–Crippen MR) is 69.0 cm³/mol. The first-order valence-corrected chi connectivity index (χ1v) is 5.93. The summed E-state index contributed by atoms with van der Waals surface area (Å²) in [5, 5.41) is 0. The van der Waals surface area contributed by atoms with Gasteiger partial charge in [-0.2, -0.15) is 0 Å². The smallest absolute Gasteiger partial charge is 0.258 e. The molecule has 0 fully saturated rings. The topological polar surface area (TPSA) is 52.3 Å². The van der Waals surface area contributed by atoms with Gasteiger partial charge in [0.05, 0.1) is 0 Å². The van der Waals surface area contributed by atoms with Crippen molar-refractivity contribution in [2.45, 2.75) is 45.6 Å². The van der Waals surface area contributed by atoms with Gasteiger partial charge in [-0.05, 0) is 36.5 Å². The second-order valence-corrected chi connectivity index (χ2v) is 4.92. The summed E-state index contributed by atoms with van der Waals surface area (Å²) < 4.78 is 5.40. The van der Waals surface area contributed by atoms with Gasteiger partial charge in [0.2, 0.25) is 0 Å². The number of carbonyl (C=O) groups excluding carboxylic acids is 1. The molecule has 0 bridgehead atoms. The van der Waals surface area contributed by atoms with Gasteiger partial charge in [-0.15, -0.1) is 0 Å². The van der Waals surface area contributed by atoms with Crippen molar-refractivity contribution in [2.24, 2.45) is 5.73 Å². The summed E-state index contributed by atoms with van der Waals surface area (Å²) in [4.78, 5) is 10.9. The number of hydrogen-bond donors (Lipinski definition) is 1. The van der Waals surface area contributed by atoms with Crippen LogP contribution in [0.5, 0.6) is 5.75 Å². The highest BCUT2D eigenvalue weighted by Crippen LogP contribution is 2.28. The average Bonchev–Trinajstić information content (AvgIpc) is 2.29. The summed E-state index contributed by atoms with van der Waals surface area (Å²) in [5.74, 6) is 0.218. The number of hydrogen-bond acceptors (Lipinski definition) is 2. The summed E-state index contributed by atoms with van der Waals surface area (Å²) in [7, 11) is 0. The Morgan fingerprint density at radius 3 is 2.29 bits per heavy atom. The number of nitrogens with two attached hydrogens (primary N) is 1. The van der Waals surface area contributed by atoms with Crippen LogP contribution >= 0.6 is 0 Å². The molecule has 0 spiro atoms. The van der Waals surface area contributed by atoms with Crippen molar-refractivity contribution < 1.29 is 9.53 Å². The molecule has 1 aromatic carbocycles. The van der Waals surface area contributed by atoms with Gasteiger partial charge in [-0.1, -0.05) is 32.9 Å². The van der Waals surface area contributed by atoms with E-state index in [9.17, 15) is 4.79 Å². The van der Waals surface area contributed by atoms with E-state index < -0.39 is 12.0 Å². The number of benzene rings is 1. The Balaban J connectivity index is 2.78. The van der Waals surface area contributed by atoms with Gasteiger partial charge < -0.3 is 10.5 Å². The van der Waals surface area contributed by atoms with Crippen molar-refractivity contribution in [3.05, 3.63) is 29.8 Å². The Morgan fingerprint density at radius 1 is 1.35 bits per heavy atom. The molecule has 1 aromatic rings. The van der Waals surface area contributed by atoms with Crippen molar-refractivity contribution in [1.29, 1.82) is 0 Å². The minimum absolute atomic E-state index is 0.161. The highest BCUT2D eigenvalue weighted by atomic mass is 16.5. The molecule has 0 aliphatic rings. The zero-order valence-corrected chi connectivity index (χ0v) is 11.0. The molecular formula is C14H21NO2. The Morgan fingerprint density at radius 2 is 1.88 bits per heavy atom. The number of ether oxygens (including phenoxy) is 1. The van der Waals surface area contributed by atoms with Crippen molar-refractivity contribution in [1.82, 2.24) is 0 Å². The molecule has 94 valence electrons. The van der Waals surface area contributed by atoms with Crippen LogP contribution in [-0.4, -0.2) is 12.0 Å². The van der Waals surface area contributed by atoms with Crippen molar-refractivity contribution in [3.63, 3.8) is 0 Å². The molecule has 2 N–H and O–H groups in total. The van der Waals surface area contributed by atoms with Crippen LogP contribution in [0.4, 0.5) is 0 Å². The maximum Gasteiger partial charge on any atom is 0.258 e. The SMILES string of the molecule is CCC(C)(C)c1ccc(O[C@@H](C)C(N)=O)cc1. The fraction of sp³-hybridized carbons (Fsp3) is 0.500. The number of primary amides is 1. The van der Waals surface area contributed by atoms with Gasteiger partial charge in [0, 0.05) is 0 Å². The Kier molecular flexibility index (Phi) is 4.16. The molecule has 0 radical (unpaired) electrons. The van der Waals surface area contributed by atoms with Gasteiger partial charge >= 0.3 is 0 Å². The second-order valence-electron chi connectivity index (χ2n) is 4.92. The molecule has 0 heterocycles. The van der Waals surface area contributed by atoms with Crippen LogP contribution < -0.4 is 10.5 Å². The van der Waals surface area contributed by atoms with E-state index in [-0.39, 0.29) is 5.41 Å². The molecule has 1 atom stereocenters. The standard InChI is InChI=1S/C14H21NO2/c1-5-14(3,4)11-6-8-12(9-7-11)17-10(2)13(15)16/h6-10H,5H2,1-4H3,(H2,15,16)/t10-/m0/s1. The molecule has 17 heavy (non-hydrogen) atoms. The maximum absolute atomic E-state index is 10.9. The molecule has 0 saturated heterocycles. The van der Waals surface area contributed by atoms with E-state index in [1.54, 1.807) is 6.92 Å². The minimum atomic E-state index is -0.597. The lowest BCUT2D eigenvalue weighted by atomic mass is 9.82. The zero-order valence-electron chi connectivity index (χ0n) is 11.0. The van der Waals surface area contributed by atoms with E-state index in [1.807, 2.05) is 24.3 Å². The van der Waals surface area contributed by atoms with Crippen LogP contribution in [0, 0.1) is 0 Å². The summed E-state index contributed by atoms with van der Waals surface area (Å²) in [5.41, 5.74) is 6.56. The Bertz CT molecular complexity index is 382.